The smallest absolute Gasteiger partial charge is 0.276 e. The summed E-state index contributed by atoms with van der Waals surface area (Å²) in [6.07, 6.45) is 11.2. The molecule has 0 unspecified atom stereocenters. The van der Waals surface area contributed by atoms with Gasteiger partial charge in [-0.1, -0.05) is 26.2 Å². The summed E-state index contributed by atoms with van der Waals surface area (Å²) in [6.45, 7) is 4.92. The lowest BCUT2D eigenvalue weighted by molar-refractivity contribution is -0.146. The average Bonchev–Trinajstić information content (AvgIpc) is 3.34. The highest BCUT2D eigenvalue weighted by Crippen LogP contribution is 2.41. The summed E-state index contributed by atoms with van der Waals surface area (Å²) >= 11 is 0. The second-order valence-corrected chi connectivity index (χ2v) is 8.59. The molecule has 1 aromatic heterocycles. The number of hydrogen-bond donors (Lipinski definition) is 0. The Balaban J connectivity index is 1.43. The molecule has 2 aliphatic heterocycles. The van der Waals surface area contributed by atoms with Crippen LogP contribution in [0.25, 0.3) is 0 Å². The van der Waals surface area contributed by atoms with E-state index in [9.17, 15) is 9.59 Å². The van der Waals surface area contributed by atoms with Crippen LogP contribution in [0.4, 0.5) is 0 Å². The van der Waals surface area contributed by atoms with Gasteiger partial charge in [0.05, 0.1) is 5.41 Å². The molecule has 2 amide bonds. The highest BCUT2D eigenvalue weighted by atomic mass is 16.3. The molecule has 148 valence electrons. The molecule has 1 aliphatic carbocycles. The summed E-state index contributed by atoms with van der Waals surface area (Å²) in [5, 5.41) is 0. The number of carbonyl (C=O) groups excluding carboxylic acids is 2. The van der Waals surface area contributed by atoms with Gasteiger partial charge in [0, 0.05) is 32.6 Å². The van der Waals surface area contributed by atoms with Crippen LogP contribution in [0.3, 0.4) is 0 Å². The zero-order valence-electron chi connectivity index (χ0n) is 16.4. The molecule has 1 saturated carbocycles. The Morgan fingerprint density at radius 1 is 1.22 bits per heavy atom. The van der Waals surface area contributed by atoms with Crippen molar-refractivity contribution in [1.29, 1.82) is 0 Å². The van der Waals surface area contributed by atoms with Gasteiger partial charge in [-0.15, -0.1) is 0 Å². The summed E-state index contributed by atoms with van der Waals surface area (Å²) in [6, 6.07) is 0. The summed E-state index contributed by atoms with van der Waals surface area (Å²) in [5.41, 5.74) is 0.0375. The van der Waals surface area contributed by atoms with E-state index in [2.05, 4.69) is 9.88 Å². The summed E-state index contributed by atoms with van der Waals surface area (Å²) in [5.74, 6) is 1.49. The normalized spacial score (nSPS) is 26.9. The van der Waals surface area contributed by atoms with Gasteiger partial charge in [-0.25, -0.2) is 4.98 Å². The van der Waals surface area contributed by atoms with Crippen molar-refractivity contribution >= 4 is 11.8 Å². The number of amides is 2. The van der Waals surface area contributed by atoms with Gasteiger partial charge in [-0.05, 0) is 38.0 Å². The van der Waals surface area contributed by atoms with Crippen LogP contribution >= 0.6 is 0 Å². The van der Waals surface area contributed by atoms with Gasteiger partial charge in [0.1, 0.15) is 5.76 Å². The monoisotopic (exact) mass is 373 g/mol. The highest BCUT2D eigenvalue weighted by molar-refractivity contribution is 5.94. The molecule has 0 bridgehead atoms. The summed E-state index contributed by atoms with van der Waals surface area (Å²) < 4.78 is 5.32. The van der Waals surface area contributed by atoms with Gasteiger partial charge in [0.2, 0.25) is 5.91 Å². The van der Waals surface area contributed by atoms with Crippen molar-refractivity contribution < 1.29 is 14.0 Å². The highest BCUT2D eigenvalue weighted by Gasteiger charge is 2.50. The third-order valence-electron chi connectivity index (χ3n) is 6.83. The molecule has 0 radical (unpaired) electrons. The first-order valence-electron chi connectivity index (χ1n) is 10.6. The molecule has 2 saturated heterocycles. The molecule has 27 heavy (non-hydrogen) atoms. The average molecular weight is 373 g/mol. The van der Waals surface area contributed by atoms with Crippen molar-refractivity contribution in [2.75, 3.05) is 26.2 Å². The third-order valence-corrected chi connectivity index (χ3v) is 6.83. The number of piperidine rings is 1. The van der Waals surface area contributed by atoms with Crippen LogP contribution in [0.5, 0.6) is 0 Å². The molecule has 1 spiro atoms. The maximum absolute atomic E-state index is 13.4. The molecular formula is C21H31N3O3. The van der Waals surface area contributed by atoms with Crippen molar-refractivity contribution in [1.82, 2.24) is 14.8 Å². The van der Waals surface area contributed by atoms with Crippen LogP contribution in [0, 0.1) is 11.3 Å². The van der Waals surface area contributed by atoms with Gasteiger partial charge in [0.25, 0.3) is 5.91 Å². The fourth-order valence-corrected chi connectivity index (χ4v) is 5.28. The minimum absolute atomic E-state index is 0.0883. The fraction of sp³-hybridized carbons (Fsp3) is 0.762. The first-order valence-corrected chi connectivity index (χ1v) is 10.6. The molecule has 1 atom stereocenters. The number of likely N-dealkylation sites (tertiary alicyclic amines) is 2. The van der Waals surface area contributed by atoms with Crippen LogP contribution in [0.2, 0.25) is 0 Å². The Labute approximate surface area is 161 Å². The Kier molecular flexibility index (Phi) is 5.24. The number of oxazole rings is 1. The molecule has 3 heterocycles. The van der Waals surface area contributed by atoms with Crippen molar-refractivity contribution in [3.05, 3.63) is 17.8 Å². The van der Waals surface area contributed by atoms with E-state index in [1.807, 2.05) is 11.8 Å². The van der Waals surface area contributed by atoms with Gasteiger partial charge >= 0.3 is 0 Å². The van der Waals surface area contributed by atoms with E-state index in [0.717, 1.165) is 32.4 Å². The topological polar surface area (TPSA) is 66.7 Å². The van der Waals surface area contributed by atoms with Gasteiger partial charge in [0.15, 0.2) is 12.1 Å². The largest absolute Gasteiger partial charge is 0.448 e. The Morgan fingerprint density at radius 2 is 2.04 bits per heavy atom. The maximum atomic E-state index is 13.4. The van der Waals surface area contributed by atoms with Crippen LogP contribution in [-0.4, -0.2) is 52.8 Å². The van der Waals surface area contributed by atoms with Crippen LogP contribution in [0.15, 0.2) is 10.8 Å². The van der Waals surface area contributed by atoms with E-state index in [0.29, 0.717) is 36.9 Å². The maximum Gasteiger partial charge on any atom is 0.276 e. The van der Waals surface area contributed by atoms with Gasteiger partial charge in [-0.2, -0.15) is 0 Å². The Bertz CT molecular complexity index is 695. The predicted molar refractivity (Wildman–Crippen MR) is 101 cm³/mol. The van der Waals surface area contributed by atoms with E-state index in [1.54, 1.807) is 0 Å². The second-order valence-electron chi connectivity index (χ2n) is 8.59. The van der Waals surface area contributed by atoms with Crippen LogP contribution in [0.1, 0.15) is 74.5 Å². The molecule has 4 rings (SSSR count). The fourth-order valence-electron chi connectivity index (χ4n) is 5.28. The third kappa shape index (κ3) is 3.50. The van der Waals surface area contributed by atoms with Crippen LogP contribution in [-0.2, 0) is 11.2 Å². The molecule has 0 N–H and O–H groups in total. The molecular weight excluding hydrogens is 342 g/mol. The lowest BCUT2D eigenvalue weighted by Gasteiger charge is -2.41. The van der Waals surface area contributed by atoms with Gasteiger partial charge < -0.3 is 14.2 Å². The number of rotatable bonds is 4. The first-order chi connectivity index (χ1) is 13.1. The number of carbonyl (C=O) groups is 2. The van der Waals surface area contributed by atoms with Crippen molar-refractivity contribution in [2.45, 2.75) is 64.7 Å². The van der Waals surface area contributed by atoms with E-state index in [4.69, 9.17) is 4.42 Å². The zero-order valence-corrected chi connectivity index (χ0v) is 16.4. The van der Waals surface area contributed by atoms with Crippen molar-refractivity contribution in [2.24, 2.45) is 11.3 Å². The summed E-state index contributed by atoms with van der Waals surface area (Å²) in [4.78, 5) is 34.3. The van der Waals surface area contributed by atoms with Crippen LogP contribution < -0.4 is 0 Å². The number of nitrogens with zero attached hydrogens (tertiary/aromatic N) is 3. The minimum atomic E-state index is -0.376. The molecule has 3 fully saturated rings. The molecule has 3 aliphatic rings. The molecule has 6 nitrogen and oxygen atoms in total. The molecule has 6 heteroatoms. The van der Waals surface area contributed by atoms with Crippen molar-refractivity contribution in [3.8, 4) is 0 Å². The number of aromatic nitrogens is 1. The van der Waals surface area contributed by atoms with E-state index >= 15 is 0 Å². The number of aryl methyl sites for hydroxylation is 1. The molecule has 0 aromatic carbocycles. The molecule has 1 aromatic rings. The van der Waals surface area contributed by atoms with Gasteiger partial charge in [-0.3, -0.25) is 9.59 Å². The van der Waals surface area contributed by atoms with E-state index < -0.39 is 0 Å². The first kappa shape index (κ1) is 18.5. The zero-order chi connectivity index (χ0) is 18.9. The Morgan fingerprint density at radius 3 is 2.81 bits per heavy atom. The van der Waals surface area contributed by atoms with E-state index in [-0.39, 0.29) is 17.2 Å². The number of hydrogen-bond acceptors (Lipinski definition) is 4. The van der Waals surface area contributed by atoms with Crippen molar-refractivity contribution in [3.63, 3.8) is 0 Å². The lowest BCUT2D eigenvalue weighted by atomic mass is 9.77. The predicted octanol–water partition coefficient (Wildman–Crippen LogP) is 3.27. The summed E-state index contributed by atoms with van der Waals surface area (Å²) in [7, 11) is 0. The van der Waals surface area contributed by atoms with E-state index in [1.165, 1.54) is 38.5 Å². The SMILES string of the molecule is CCc1ocnc1C(=O)N1CC[C@@]2(CCCN(CC3CCCCC3)C2=O)C1. The standard InChI is InChI=1S/C21H31N3O3/c1-2-17-18(22-15-27-17)19(25)24-12-10-21(14-24)9-6-11-23(20(21)26)13-16-7-4-3-5-8-16/h15-16H,2-14H2,1H3/t21-/m0/s1. The lowest BCUT2D eigenvalue weighted by Crippen LogP contribution is -2.51. The minimum Gasteiger partial charge on any atom is -0.448 e. The second kappa shape index (κ2) is 7.64. The quantitative estimate of drug-likeness (QED) is 0.812. The Hall–Kier alpha value is -1.85.